The smallest absolute Gasteiger partial charge is 0.322 e. The molecule has 2 aromatic heterocycles. The molecule has 0 spiro atoms. The molecule has 0 N–H and O–H groups in total. The van der Waals surface area contributed by atoms with Crippen LogP contribution in [0.3, 0.4) is 0 Å². The summed E-state index contributed by atoms with van der Waals surface area (Å²) in [7, 11) is -1.88. The van der Waals surface area contributed by atoms with Crippen LogP contribution in [0.5, 0.6) is 11.8 Å². The van der Waals surface area contributed by atoms with Gasteiger partial charge in [-0.1, -0.05) is 17.7 Å². The van der Waals surface area contributed by atoms with Gasteiger partial charge in [-0.25, -0.2) is 12.8 Å². The van der Waals surface area contributed by atoms with E-state index in [9.17, 15) is 17.6 Å². The Bertz CT molecular complexity index is 1260. The number of nitrogens with zero attached hydrogens (tertiary/aromatic N) is 3. The molecule has 10 heteroatoms. The Balaban J connectivity index is 2.16. The number of aryl methyl sites for hydroxylation is 2. The van der Waals surface area contributed by atoms with Gasteiger partial charge in [0.1, 0.15) is 0 Å². The zero-order valence-corrected chi connectivity index (χ0v) is 19.0. The lowest BCUT2D eigenvalue weighted by atomic mass is 10.1. The number of sulfone groups is 1. The van der Waals surface area contributed by atoms with E-state index in [1.165, 1.54) is 28.8 Å². The first kappa shape index (κ1) is 22.9. The van der Waals surface area contributed by atoms with Gasteiger partial charge < -0.3 is 9.30 Å². The van der Waals surface area contributed by atoms with E-state index in [0.29, 0.717) is 16.8 Å². The van der Waals surface area contributed by atoms with Crippen LogP contribution in [-0.2, 0) is 22.6 Å². The van der Waals surface area contributed by atoms with Gasteiger partial charge in [0.25, 0.3) is 5.56 Å². The van der Waals surface area contributed by atoms with Crippen molar-refractivity contribution in [1.29, 1.82) is 0 Å². The highest BCUT2D eigenvalue weighted by atomic mass is 35.5. The highest BCUT2D eigenvalue weighted by Gasteiger charge is 2.21. The number of aromatic nitrogens is 3. The third-order valence-corrected chi connectivity index (χ3v) is 7.03. The third kappa shape index (κ3) is 5.11. The fourth-order valence-corrected chi connectivity index (χ4v) is 3.90. The van der Waals surface area contributed by atoms with Crippen LogP contribution in [-0.4, -0.2) is 28.2 Å². The number of ether oxygens (including phenoxy) is 1. The largest absolute Gasteiger partial charge is 0.420 e. The summed E-state index contributed by atoms with van der Waals surface area (Å²) in [4.78, 5) is 20.5. The molecule has 0 atom stereocenters. The fraction of sp³-hybridized carbons (Fsp3) is 0.286. The maximum Gasteiger partial charge on any atom is 0.322 e. The second-order valence-corrected chi connectivity index (χ2v) is 10.3. The third-order valence-electron chi connectivity index (χ3n) is 4.60. The van der Waals surface area contributed by atoms with Crippen molar-refractivity contribution in [1.82, 2.24) is 14.5 Å². The lowest BCUT2D eigenvalue weighted by Crippen LogP contribution is -2.19. The first-order valence-corrected chi connectivity index (χ1v) is 11.5. The van der Waals surface area contributed by atoms with Crippen molar-refractivity contribution in [3.8, 4) is 23.0 Å². The summed E-state index contributed by atoms with van der Waals surface area (Å²) in [6.45, 7) is 4.81. The van der Waals surface area contributed by atoms with E-state index >= 15 is 0 Å². The highest BCUT2D eigenvalue weighted by Crippen LogP contribution is 2.32. The highest BCUT2D eigenvalue weighted by molar-refractivity contribution is 7.91. The number of rotatable bonds is 6. The van der Waals surface area contributed by atoms with Gasteiger partial charge in [0.15, 0.2) is 21.4 Å². The van der Waals surface area contributed by atoms with Crippen LogP contribution in [0.2, 0.25) is 5.02 Å². The van der Waals surface area contributed by atoms with Gasteiger partial charge >= 0.3 is 6.01 Å². The molecule has 0 aliphatic carbocycles. The van der Waals surface area contributed by atoms with Gasteiger partial charge in [0.2, 0.25) is 0 Å². The standard InChI is InChI=1S/C21H21ClFN3O4S/c1-12(2)31(28,29)11-15-9-18(14-8-13(3)20(27)26(4)10-14)25-21(24-15)30-19-16(22)6-5-7-17(19)23/h5-10,12H,11H2,1-4H3. The van der Waals surface area contributed by atoms with Crippen molar-refractivity contribution < 1.29 is 17.5 Å². The molecule has 31 heavy (non-hydrogen) atoms. The quantitative estimate of drug-likeness (QED) is 0.545. The SMILES string of the molecule is Cc1cc(-c2cc(CS(=O)(=O)C(C)C)nc(Oc3c(F)cccc3Cl)n2)cn(C)c1=O. The van der Waals surface area contributed by atoms with E-state index in [0.717, 1.165) is 0 Å². The van der Waals surface area contributed by atoms with Crippen LogP contribution in [0.25, 0.3) is 11.3 Å². The molecule has 0 unspecified atom stereocenters. The first-order valence-electron chi connectivity index (χ1n) is 9.37. The van der Waals surface area contributed by atoms with E-state index in [1.807, 2.05) is 0 Å². The Morgan fingerprint density at radius 2 is 1.94 bits per heavy atom. The van der Waals surface area contributed by atoms with Crippen LogP contribution >= 0.6 is 11.6 Å². The molecule has 164 valence electrons. The minimum absolute atomic E-state index is 0.0170. The van der Waals surface area contributed by atoms with E-state index in [-0.39, 0.29) is 33.8 Å². The molecule has 0 fully saturated rings. The molecule has 0 amide bonds. The van der Waals surface area contributed by atoms with Crippen LogP contribution in [0.1, 0.15) is 25.1 Å². The Morgan fingerprint density at radius 3 is 2.55 bits per heavy atom. The second kappa shape index (κ2) is 8.76. The molecular formula is C21H21ClFN3O4S. The van der Waals surface area contributed by atoms with Crippen molar-refractivity contribution in [3.05, 3.63) is 69.0 Å². The molecular weight excluding hydrogens is 445 g/mol. The maximum atomic E-state index is 14.2. The lowest BCUT2D eigenvalue weighted by Gasteiger charge is -2.13. The van der Waals surface area contributed by atoms with Gasteiger partial charge in [0, 0.05) is 24.4 Å². The van der Waals surface area contributed by atoms with Crippen molar-refractivity contribution in [3.63, 3.8) is 0 Å². The molecule has 3 rings (SSSR count). The topological polar surface area (TPSA) is 91.2 Å². The number of halogens is 2. The monoisotopic (exact) mass is 465 g/mol. The molecule has 0 saturated carbocycles. The van der Waals surface area contributed by atoms with Crippen LogP contribution < -0.4 is 10.3 Å². The van der Waals surface area contributed by atoms with Gasteiger partial charge in [0.05, 0.1) is 27.4 Å². The Hall–Kier alpha value is -2.78. The molecule has 0 aliphatic rings. The minimum atomic E-state index is -3.48. The Kier molecular flexibility index (Phi) is 6.47. The molecule has 0 aliphatic heterocycles. The molecule has 0 radical (unpaired) electrons. The van der Waals surface area contributed by atoms with Gasteiger partial charge in [-0.3, -0.25) is 4.79 Å². The number of hydrogen-bond donors (Lipinski definition) is 0. The van der Waals surface area contributed by atoms with Crippen LogP contribution in [0, 0.1) is 12.7 Å². The lowest BCUT2D eigenvalue weighted by molar-refractivity contribution is 0.410. The summed E-state index contributed by atoms with van der Waals surface area (Å²) in [5.74, 6) is -1.34. The summed E-state index contributed by atoms with van der Waals surface area (Å²) < 4.78 is 46.0. The average Bonchev–Trinajstić information content (AvgIpc) is 2.68. The molecule has 7 nitrogen and oxygen atoms in total. The Morgan fingerprint density at radius 1 is 1.23 bits per heavy atom. The zero-order chi connectivity index (χ0) is 22.9. The van der Waals surface area contributed by atoms with E-state index in [4.69, 9.17) is 16.3 Å². The minimum Gasteiger partial charge on any atom is -0.420 e. The number of pyridine rings is 1. The normalized spacial score (nSPS) is 11.7. The second-order valence-electron chi connectivity index (χ2n) is 7.36. The van der Waals surface area contributed by atoms with E-state index in [1.54, 1.807) is 40.1 Å². The van der Waals surface area contributed by atoms with Crippen molar-refractivity contribution in [2.75, 3.05) is 0 Å². The average molecular weight is 466 g/mol. The molecule has 2 heterocycles. The van der Waals surface area contributed by atoms with Crippen LogP contribution in [0.4, 0.5) is 4.39 Å². The summed E-state index contributed by atoms with van der Waals surface area (Å²) in [6, 6.07) is 6.93. The van der Waals surface area contributed by atoms with E-state index < -0.39 is 20.9 Å². The number of benzene rings is 1. The molecule has 1 aromatic carbocycles. The number of para-hydroxylation sites is 1. The van der Waals surface area contributed by atoms with Gasteiger partial charge in [-0.15, -0.1) is 0 Å². The van der Waals surface area contributed by atoms with Crippen LogP contribution in [0.15, 0.2) is 41.3 Å². The van der Waals surface area contributed by atoms with E-state index in [2.05, 4.69) is 9.97 Å². The van der Waals surface area contributed by atoms with Gasteiger partial charge in [-0.2, -0.15) is 9.97 Å². The van der Waals surface area contributed by atoms with Gasteiger partial charge in [-0.05, 0) is 45.0 Å². The molecule has 0 bridgehead atoms. The predicted molar refractivity (Wildman–Crippen MR) is 117 cm³/mol. The first-order chi connectivity index (χ1) is 14.5. The van der Waals surface area contributed by atoms with Crippen molar-refractivity contribution in [2.45, 2.75) is 31.8 Å². The Labute approximate surface area is 184 Å². The predicted octanol–water partition coefficient (Wildman–Crippen LogP) is 4.06. The fourth-order valence-electron chi connectivity index (χ4n) is 2.80. The van der Waals surface area contributed by atoms with Crippen molar-refractivity contribution in [2.24, 2.45) is 7.05 Å². The van der Waals surface area contributed by atoms with Crippen molar-refractivity contribution >= 4 is 21.4 Å². The molecule has 0 saturated heterocycles. The summed E-state index contributed by atoms with van der Waals surface area (Å²) >= 11 is 6.03. The zero-order valence-electron chi connectivity index (χ0n) is 17.4. The maximum absolute atomic E-state index is 14.2. The summed E-state index contributed by atoms with van der Waals surface area (Å²) in [5.41, 5.74) is 1.36. The summed E-state index contributed by atoms with van der Waals surface area (Å²) in [6.07, 6.45) is 1.57. The number of hydrogen-bond acceptors (Lipinski definition) is 6. The molecule has 3 aromatic rings. The summed E-state index contributed by atoms with van der Waals surface area (Å²) in [5, 5.41) is -0.598.